The summed E-state index contributed by atoms with van der Waals surface area (Å²) in [5.74, 6) is 1.15. The molecule has 1 amide bonds. The molecule has 1 aromatic heterocycles. The second-order valence-electron chi connectivity index (χ2n) is 6.41. The number of rotatable bonds is 8. The highest BCUT2D eigenvalue weighted by atomic mass is 16.5. The summed E-state index contributed by atoms with van der Waals surface area (Å²) in [5.41, 5.74) is 7.48. The van der Waals surface area contributed by atoms with E-state index in [1.807, 2.05) is 30.3 Å². The summed E-state index contributed by atoms with van der Waals surface area (Å²) in [4.78, 5) is 16.3. The summed E-state index contributed by atoms with van der Waals surface area (Å²) in [6.45, 7) is 1.24. The van der Waals surface area contributed by atoms with Crippen LogP contribution in [-0.4, -0.2) is 36.8 Å². The average molecular weight is 371 g/mol. The number of ether oxygens (including phenoxy) is 3. The predicted molar refractivity (Wildman–Crippen MR) is 100 cm³/mol. The van der Waals surface area contributed by atoms with Crippen LogP contribution in [-0.2, 0) is 22.7 Å². The van der Waals surface area contributed by atoms with E-state index in [-0.39, 0.29) is 12.0 Å². The summed E-state index contributed by atoms with van der Waals surface area (Å²) < 4.78 is 16.8. The number of carbonyl (C=O) groups is 1. The first-order chi connectivity index (χ1) is 13.2. The predicted octanol–water partition coefficient (Wildman–Crippen LogP) is 1.79. The fourth-order valence-electron chi connectivity index (χ4n) is 2.96. The van der Waals surface area contributed by atoms with E-state index in [0.29, 0.717) is 37.6 Å². The van der Waals surface area contributed by atoms with Crippen LogP contribution in [0, 0.1) is 0 Å². The topological polar surface area (TPSA) is 95.7 Å². The van der Waals surface area contributed by atoms with E-state index >= 15 is 0 Å². The lowest BCUT2D eigenvalue weighted by Crippen LogP contribution is -2.35. The quantitative estimate of drug-likeness (QED) is 0.735. The van der Waals surface area contributed by atoms with Gasteiger partial charge in [0.25, 0.3) is 0 Å². The molecule has 3 rings (SSSR count). The van der Waals surface area contributed by atoms with Crippen molar-refractivity contribution in [2.24, 2.45) is 5.73 Å². The fraction of sp³-hybridized carbons (Fsp3) is 0.400. The van der Waals surface area contributed by atoms with E-state index in [1.165, 1.54) is 0 Å². The maximum absolute atomic E-state index is 12.2. The first-order valence-corrected chi connectivity index (χ1v) is 9.01. The number of nitrogens with one attached hydrogen (secondary N) is 1. The Kier molecular flexibility index (Phi) is 6.62. The van der Waals surface area contributed by atoms with Crippen molar-refractivity contribution in [3.05, 3.63) is 53.9 Å². The number of aromatic nitrogens is 1. The standard InChI is InChI=1S/C20H25N3O4/c1-25-19-9-14(12-23-20(24)18-7-5-16(10-21)27-18)4-6-17(19)26-13-15-3-2-8-22-11-15/h2-4,6,8-9,11,16,18H,5,7,10,12-13,21H2,1H3,(H,23,24)/t16-,18+/m1/s1. The Balaban J connectivity index is 1.55. The van der Waals surface area contributed by atoms with E-state index in [4.69, 9.17) is 19.9 Å². The molecule has 2 aromatic rings. The lowest BCUT2D eigenvalue weighted by atomic mass is 10.1. The monoisotopic (exact) mass is 371 g/mol. The molecule has 3 N–H and O–H groups in total. The minimum Gasteiger partial charge on any atom is -0.493 e. The lowest BCUT2D eigenvalue weighted by Gasteiger charge is -2.14. The molecule has 2 atom stereocenters. The van der Waals surface area contributed by atoms with Gasteiger partial charge < -0.3 is 25.3 Å². The highest BCUT2D eigenvalue weighted by Gasteiger charge is 2.29. The van der Waals surface area contributed by atoms with Crippen molar-refractivity contribution in [3.63, 3.8) is 0 Å². The molecule has 7 nitrogen and oxygen atoms in total. The van der Waals surface area contributed by atoms with Gasteiger partial charge in [0, 0.05) is 31.0 Å². The SMILES string of the molecule is COc1cc(CNC(=O)[C@@H]2CC[C@H](CN)O2)ccc1OCc1cccnc1. The molecular formula is C20H25N3O4. The Morgan fingerprint density at radius 1 is 1.30 bits per heavy atom. The van der Waals surface area contributed by atoms with E-state index in [2.05, 4.69) is 10.3 Å². The minimum absolute atomic E-state index is 0.0166. The molecule has 1 aliphatic heterocycles. The number of carbonyl (C=O) groups excluding carboxylic acids is 1. The molecule has 1 saturated heterocycles. The van der Waals surface area contributed by atoms with Crippen LogP contribution in [0.25, 0.3) is 0 Å². The number of methoxy groups -OCH3 is 1. The van der Waals surface area contributed by atoms with E-state index < -0.39 is 6.10 Å². The maximum Gasteiger partial charge on any atom is 0.249 e. The number of hydrogen-bond acceptors (Lipinski definition) is 6. The molecule has 144 valence electrons. The zero-order valence-electron chi connectivity index (χ0n) is 15.4. The Morgan fingerprint density at radius 2 is 2.19 bits per heavy atom. The van der Waals surface area contributed by atoms with Gasteiger partial charge in [-0.1, -0.05) is 12.1 Å². The number of hydrogen-bond donors (Lipinski definition) is 2. The van der Waals surface area contributed by atoms with Crippen molar-refractivity contribution in [2.75, 3.05) is 13.7 Å². The smallest absolute Gasteiger partial charge is 0.249 e. The van der Waals surface area contributed by atoms with Gasteiger partial charge in [0.05, 0.1) is 13.2 Å². The van der Waals surface area contributed by atoms with Crippen LogP contribution in [0.1, 0.15) is 24.0 Å². The summed E-state index contributed by atoms with van der Waals surface area (Å²) in [6, 6.07) is 9.42. The highest BCUT2D eigenvalue weighted by molar-refractivity contribution is 5.81. The second-order valence-corrected chi connectivity index (χ2v) is 6.41. The lowest BCUT2D eigenvalue weighted by molar-refractivity contribution is -0.132. The van der Waals surface area contributed by atoms with Crippen molar-refractivity contribution in [1.29, 1.82) is 0 Å². The Hall–Kier alpha value is -2.64. The van der Waals surface area contributed by atoms with Gasteiger partial charge in [-0.25, -0.2) is 0 Å². The second kappa shape index (κ2) is 9.34. The number of nitrogens with two attached hydrogens (primary N) is 1. The van der Waals surface area contributed by atoms with Crippen molar-refractivity contribution in [2.45, 2.75) is 38.2 Å². The molecule has 7 heteroatoms. The van der Waals surface area contributed by atoms with Gasteiger partial charge >= 0.3 is 0 Å². The molecular weight excluding hydrogens is 346 g/mol. The van der Waals surface area contributed by atoms with E-state index in [1.54, 1.807) is 19.5 Å². The third kappa shape index (κ3) is 5.18. The Labute approximate surface area is 158 Å². The van der Waals surface area contributed by atoms with Gasteiger partial charge in [-0.3, -0.25) is 9.78 Å². The first-order valence-electron chi connectivity index (χ1n) is 9.01. The molecule has 0 radical (unpaired) electrons. The maximum atomic E-state index is 12.2. The van der Waals surface area contributed by atoms with Gasteiger partial charge in [-0.05, 0) is 36.6 Å². The van der Waals surface area contributed by atoms with Crippen molar-refractivity contribution < 1.29 is 19.0 Å². The van der Waals surface area contributed by atoms with Crippen molar-refractivity contribution >= 4 is 5.91 Å². The average Bonchev–Trinajstić information content (AvgIpc) is 3.21. The largest absolute Gasteiger partial charge is 0.493 e. The zero-order chi connectivity index (χ0) is 19.1. The molecule has 1 fully saturated rings. The highest BCUT2D eigenvalue weighted by Crippen LogP contribution is 2.29. The summed E-state index contributed by atoms with van der Waals surface area (Å²) in [7, 11) is 1.59. The molecule has 1 aromatic carbocycles. The summed E-state index contributed by atoms with van der Waals surface area (Å²) in [6.07, 6.45) is 4.58. The van der Waals surface area contributed by atoms with Gasteiger partial charge in [0.15, 0.2) is 11.5 Å². The van der Waals surface area contributed by atoms with Crippen LogP contribution in [0.3, 0.4) is 0 Å². The Morgan fingerprint density at radius 3 is 2.89 bits per heavy atom. The van der Waals surface area contributed by atoms with Gasteiger partial charge in [-0.2, -0.15) is 0 Å². The first kappa shape index (κ1) is 19.1. The number of nitrogens with zero attached hydrogens (tertiary/aromatic N) is 1. The minimum atomic E-state index is -0.414. The molecule has 1 aliphatic rings. The zero-order valence-corrected chi connectivity index (χ0v) is 15.4. The number of amides is 1. The summed E-state index contributed by atoms with van der Waals surface area (Å²) >= 11 is 0. The van der Waals surface area contributed by atoms with E-state index in [9.17, 15) is 4.79 Å². The van der Waals surface area contributed by atoms with Crippen LogP contribution in [0.2, 0.25) is 0 Å². The van der Waals surface area contributed by atoms with Crippen LogP contribution in [0.5, 0.6) is 11.5 Å². The fourth-order valence-corrected chi connectivity index (χ4v) is 2.96. The normalized spacial score (nSPS) is 18.9. The molecule has 0 bridgehead atoms. The van der Waals surface area contributed by atoms with Crippen LogP contribution in [0.15, 0.2) is 42.7 Å². The Bertz CT molecular complexity index is 754. The molecule has 0 spiro atoms. The van der Waals surface area contributed by atoms with Crippen molar-refractivity contribution in [3.8, 4) is 11.5 Å². The van der Waals surface area contributed by atoms with Gasteiger partial charge in [0.1, 0.15) is 12.7 Å². The summed E-state index contributed by atoms with van der Waals surface area (Å²) in [5, 5.41) is 2.90. The van der Waals surface area contributed by atoms with Crippen LogP contribution in [0.4, 0.5) is 0 Å². The molecule has 0 aliphatic carbocycles. The van der Waals surface area contributed by atoms with Crippen LogP contribution >= 0.6 is 0 Å². The third-order valence-corrected chi connectivity index (χ3v) is 4.47. The van der Waals surface area contributed by atoms with Crippen LogP contribution < -0.4 is 20.5 Å². The van der Waals surface area contributed by atoms with Gasteiger partial charge in [0.2, 0.25) is 5.91 Å². The molecule has 0 unspecified atom stereocenters. The van der Waals surface area contributed by atoms with E-state index in [0.717, 1.165) is 17.5 Å². The number of benzene rings is 1. The molecule has 0 saturated carbocycles. The van der Waals surface area contributed by atoms with Crippen molar-refractivity contribution in [1.82, 2.24) is 10.3 Å². The molecule has 2 heterocycles. The third-order valence-electron chi connectivity index (χ3n) is 4.47. The number of pyridine rings is 1. The van der Waals surface area contributed by atoms with Gasteiger partial charge in [-0.15, -0.1) is 0 Å². The molecule has 27 heavy (non-hydrogen) atoms.